The van der Waals surface area contributed by atoms with E-state index < -0.39 is 0 Å². The monoisotopic (exact) mass is 385 g/mol. The number of halogens is 1. The van der Waals surface area contributed by atoms with Crippen LogP contribution in [0.5, 0.6) is 11.5 Å². The zero-order valence-corrected chi connectivity index (χ0v) is 15.9. The summed E-state index contributed by atoms with van der Waals surface area (Å²) in [5.74, 6) is 2.09. The number of methoxy groups -OCH3 is 1. The van der Waals surface area contributed by atoms with Gasteiger partial charge < -0.3 is 18.8 Å². The van der Waals surface area contributed by atoms with Gasteiger partial charge in [0.15, 0.2) is 5.76 Å². The van der Waals surface area contributed by atoms with Gasteiger partial charge in [0.05, 0.1) is 18.7 Å². The van der Waals surface area contributed by atoms with Gasteiger partial charge in [0, 0.05) is 12.6 Å². The van der Waals surface area contributed by atoms with Gasteiger partial charge in [-0.25, -0.2) is 0 Å². The van der Waals surface area contributed by atoms with Crippen molar-refractivity contribution >= 4 is 17.5 Å². The Kier molecular flexibility index (Phi) is 6.04. The molecule has 0 spiro atoms. The normalized spacial score (nSPS) is 10.5. The van der Waals surface area contributed by atoms with Crippen molar-refractivity contribution in [2.24, 2.45) is 0 Å². The van der Waals surface area contributed by atoms with E-state index in [2.05, 4.69) is 0 Å². The minimum Gasteiger partial charge on any atom is -0.497 e. The van der Waals surface area contributed by atoms with Crippen molar-refractivity contribution in [1.29, 1.82) is 0 Å². The number of likely N-dealkylation sites (N-methyl/N-ethyl adjacent to an activating group) is 1. The van der Waals surface area contributed by atoms with Crippen LogP contribution in [-0.4, -0.2) is 38.1 Å². The molecule has 0 N–H and O–H groups in total. The third-order valence-electron chi connectivity index (χ3n) is 4.06. The summed E-state index contributed by atoms with van der Waals surface area (Å²) in [6, 6.07) is 18.0. The van der Waals surface area contributed by atoms with Gasteiger partial charge in [-0.2, -0.15) is 0 Å². The number of carbonyl (C=O) groups excluding carboxylic acids is 1. The zero-order chi connectivity index (χ0) is 19.2. The van der Waals surface area contributed by atoms with Crippen LogP contribution in [0.25, 0.3) is 11.3 Å². The molecule has 0 aliphatic rings. The van der Waals surface area contributed by atoms with E-state index in [0.29, 0.717) is 23.9 Å². The lowest BCUT2D eigenvalue weighted by Crippen LogP contribution is -2.30. The summed E-state index contributed by atoms with van der Waals surface area (Å²) < 4.78 is 16.5. The number of carbonyl (C=O) groups is 1. The molecule has 1 aromatic heterocycles. The minimum atomic E-state index is -0.216. The van der Waals surface area contributed by atoms with E-state index in [4.69, 9.17) is 25.5 Å². The molecule has 140 valence electrons. The Balaban J connectivity index is 1.56. The van der Waals surface area contributed by atoms with Gasteiger partial charge in [-0.1, -0.05) is 23.7 Å². The van der Waals surface area contributed by atoms with E-state index in [1.54, 1.807) is 37.3 Å². The molecule has 0 fully saturated rings. The fourth-order valence-electron chi connectivity index (χ4n) is 2.52. The molecule has 1 amide bonds. The number of hydrogen-bond donors (Lipinski definition) is 0. The van der Waals surface area contributed by atoms with Crippen LogP contribution >= 0.6 is 11.6 Å². The second-order valence-electron chi connectivity index (χ2n) is 5.89. The first-order valence-corrected chi connectivity index (χ1v) is 8.83. The smallest absolute Gasteiger partial charge is 0.289 e. The van der Waals surface area contributed by atoms with Crippen LogP contribution in [0.4, 0.5) is 0 Å². The lowest BCUT2D eigenvalue weighted by Gasteiger charge is -2.16. The summed E-state index contributed by atoms with van der Waals surface area (Å²) in [6.07, 6.45) is 0. The summed E-state index contributed by atoms with van der Waals surface area (Å²) >= 11 is 6.18. The largest absolute Gasteiger partial charge is 0.497 e. The highest BCUT2D eigenvalue weighted by Gasteiger charge is 2.17. The second-order valence-corrected chi connectivity index (χ2v) is 6.30. The third kappa shape index (κ3) is 4.63. The maximum absolute atomic E-state index is 12.5. The summed E-state index contributed by atoms with van der Waals surface area (Å²) in [4.78, 5) is 14.1. The summed E-state index contributed by atoms with van der Waals surface area (Å²) in [6.45, 7) is 0.791. The van der Waals surface area contributed by atoms with E-state index in [9.17, 15) is 4.79 Å². The first kappa shape index (κ1) is 18.9. The van der Waals surface area contributed by atoms with E-state index >= 15 is 0 Å². The number of hydrogen-bond acceptors (Lipinski definition) is 4. The zero-order valence-electron chi connectivity index (χ0n) is 15.1. The van der Waals surface area contributed by atoms with Crippen molar-refractivity contribution in [1.82, 2.24) is 4.90 Å². The highest BCUT2D eigenvalue weighted by molar-refractivity contribution is 6.33. The van der Waals surface area contributed by atoms with Crippen molar-refractivity contribution in [2.45, 2.75) is 0 Å². The first-order chi connectivity index (χ1) is 13.1. The predicted molar refractivity (Wildman–Crippen MR) is 105 cm³/mol. The Morgan fingerprint density at radius 2 is 1.74 bits per heavy atom. The number of nitrogens with zero attached hydrogens (tertiary/aromatic N) is 1. The van der Waals surface area contributed by atoms with Crippen molar-refractivity contribution in [3.05, 3.63) is 71.4 Å². The third-order valence-corrected chi connectivity index (χ3v) is 4.39. The topological polar surface area (TPSA) is 51.9 Å². The van der Waals surface area contributed by atoms with Crippen molar-refractivity contribution in [3.63, 3.8) is 0 Å². The lowest BCUT2D eigenvalue weighted by molar-refractivity contribution is 0.0743. The average Bonchev–Trinajstić information content (AvgIpc) is 3.18. The lowest BCUT2D eigenvalue weighted by atomic mass is 10.2. The molecule has 0 radical (unpaired) electrons. The van der Waals surface area contributed by atoms with Crippen LogP contribution < -0.4 is 9.47 Å². The van der Waals surface area contributed by atoms with Crippen LogP contribution in [0.2, 0.25) is 5.02 Å². The molecule has 27 heavy (non-hydrogen) atoms. The number of rotatable bonds is 7. The number of amides is 1. The Morgan fingerprint density at radius 3 is 2.44 bits per heavy atom. The fraction of sp³-hybridized carbons (Fsp3) is 0.190. The van der Waals surface area contributed by atoms with Crippen LogP contribution in [0.3, 0.4) is 0 Å². The van der Waals surface area contributed by atoms with Crippen LogP contribution in [0.1, 0.15) is 10.6 Å². The SMILES string of the molecule is COc1ccc(OCCN(C)C(=O)c2ccc(-c3ccccc3Cl)o2)cc1. The summed E-state index contributed by atoms with van der Waals surface area (Å²) in [5.41, 5.74) is 0.753. The first-order valence-electron chi connectivity index (χ1n) is 8.45. The second kappa shape index (κ2) is 8.64. The van der Waals surface area contributed by atoms with E-state index in [1.165, 1.54) is 0 Å². The Hall–Kier alpha value is -2.92. The highest BCUT2D eigenvalue weighted by Crippen LogP contribution is 2.29. The van der Waals surface area contributed by atoms with Gasteiger partial charge in [0.2, 0.25) is 0 Å². The molecule has 0 saturated carbocycles. The van der Waals surface area contributed by atoms with E-state index in [0.717, 1.165) is 17.1 Å². The molecular formula is C21H20ClNO4. The van der Waals surface area contributed by atoms with Gasteiger partial charge in [-0.15, -0.1) is 0 Å². The number of benzene rings is 2. The van der Waals surface area contributed by atoms with Gasteiger partial charge >= 0.3 is 0 Å². The van der Waals surface area contributed by atoms with Crippen molar-refractivity contribution in [2.75, 3.05) is 27.3 Å². The molecule has 0 aliphatic heterocycles. The molecule has 3 aromatic rings. The van der Waals surface area contributed by atoms with E-state index in [1.807, 2.05) is 42.5 Å². The molecule has 2 aromatic carbocycles. The van der Waals surface area contributed by atoms with Gasteiger partial charge in [-0.05, 0) is 48.5 Å². The van der Waals surface area contributed by atoms with Gasteiger partial charge in [-0.3, -0.25) is 4.79 Å². The average molecular weight is 386 g/mol. The molecule has 0 saturated heterocycles. The molecule has 0 bridgehead atoms. The molecule has 3 rings (SSSR count). The Morgan fingerprint density at radius 1 is 1.04 bits per heavy atom. The standard InChI is InChI=1S/C21H20ClNO4/c1-23(13-14-26-16-9-7-15(25-2)8-10-16)21(24)20-12-11-19(27-20)17-5-3-4-6-18(17)22/h3-12H,13-14H2,1-2H3. The minimum absolute atomic E-state index is 0.216. The number of ether oxygens (including phenoxy) is 2. The maximum Gasteiger partial charge on any atom is 0.289 e. The van der Waals surface area contributed by atoms with Crippen LogP contribution in [0.15, 0.2) is 65.1 Å². The molecule has 6 heteroatoms. The summed E-state index contributed by atoms with van der Waals surface area (Å²) in [7, 11) is 3.32. The molecule has 0 atom stereocenters. The Bertz CT molecular complexity index is 905. The fourth-order valence-corrected chi connectivity index (χ4v) is 2.75. The maximum atomic E-state index is 12.5. The van der Waals surface area contributed by atoms with E-state index in [-0.39, 0.29) is 11.7 Å². The highest BCUT2D eigenvalue weighted by atomic mass is 35.5. The quantitative estimate of drug-likeness (QED) is 0.588. The van der Waals surface area contributed by atoms with Gasteiger partial charge in [0.1, 0.15) is 23.9 Å². The van der Waals surface area contributed by atoms with Crippen molar-refractivity contribution in [3.8, 4) is 22.8 Å². The predicted octanol–water partition coefficient (Wildman–Crippen LogP) is 4.76. The number of furan rings is 1. The molecular weight excluding hydrogens is 366 g/mol. The Labute approximate surface area is 163 Å². The molecule has 0 unspecified atom stereocenters. The van der Waals surface area contributed by atoms with Crippen LogP contribution in [-0.2, 0) is 0 Å². The molecule has 0 aliphatic carbocycles. The van der Waals surface area contributed by atoms with Crippen molar-refractivity contribution < 1.29 is 18.7 Å². The van der Waals surface area contributed by atoms with Crippen LogP contribution in [0, 0.1) is 0 Å². The summed E-state index contributed by atoms with van der Waals surface area (Å²) in [5, 5.41) is 0.576. The van der Waals surface area contributed by atoms with Gasteiger partial charge in [0.25, 0.3) is 5.91 Å². The molecule has 5 nitrogen and oxygen atoms in total. The molecule has 1 heterocycles.